The van der Waals surface area contributed by atoms with Gasteiger partial charge in [-0.25, -0.2) is 0 Å². The van der Waals surface area contributed by atoms with Crippen molar-refractivity contribution in [3.63, 3.8) is 0 Å². The van der Waals surface area contributed by atoms with E-state index in [2.05, 4.69) is 24.1 Å². The molecule has 1 aliphatic heterocycles. The lowest BCUT2D eigenvalue weighted by Crippen LogP contribution is -2.50. The Morgan fingerprint density at radius 3 is 2.56 bits per heavy atom. The van der Waals surface area contributed by atoms with Gasteiger partial charge in [0.1, 0.15) is 5.54 Å². The highest BCUT2D eigenvalue weighted by atomic mass is 16.4. The van der Waals surface area contributed by atoms with Crippen LogP contribution in [0.2, 0.25) is 0 Å². The molecule has 1 rings (SSSR count). The number of likely N-dealkylation sites (tertiary alicyclic amines) is 1. The number of carboxylic acids is 1. The second kappa shape index (κ2) is 6.02. The standard InChI is InChI=1S/C14H28N2O2/c1-5-14(15-4,12(17)18)7-6-9-16-10-8-13(2,3)11-16/h15H,5-11H2,1-4H3,(H,17,18). The smallest absolute Gasteiger partial charge is 0.323 e. The van der Waals surface area contributed by atoms with Crippen LogP contribution in [-0.2, 0) is 4.79 Å². The molecule has 1 unspecified atom stereocenters. The monoisotopic (exact) mass is 256 g/mol. The van der Waals surface area contributed by atoms with Gasteiger partial charge in [0.15, 0.2) is 0 Å². The summed E-state index contributed by atoms with van der Waals surface area (Å²) in [6, 6.07) is 0. The number of carbonyl (C=O) groups is 1. The van der Waals surface area contributed by atoms with Gasteiger partial charge in [-0.15, -0.1) is 0 Å². The number of nitrogens with one attached hydrogen (secondary N) is 1. The maximum atomic E-state index is 11.3. The molecule has 0 radical (unpaired) electrons. The molecule has 1 aliphatic rings. The summed E-state index contributed by atoms with van der Waals surface area (Å²) in [6.45, 7) is 9.84. The fourth-order valence-corrected chi connectivity index (χ4v) is 2.86. The molecule has 0 bridgehead atoms. The van der Waals surface area contributed by atoms with Crippen molar-refractivity contribution in [2.75, 3.05) is 26.7 Å². The Hall–Kier alpha value is -0.610. The molecule has 1 fully saturated rings. The summed E-state index contributed by atoms with van der Waals surface area (Å²) < 4.78 is 0. The summed E-state index contributed by atoms with van der Waals surface area (Å²) in [6.07, 6.45) is 3.52. The Morgan fingerprint density at radius 2 is 2.17 bits per heavy atom. The Kier molecular flexibility index (Phi) is 5.17. The first-order valence-corrected chi connectivity index (χ1v) is 7.00. The normalized spacial score (nSPS) is 22.9. The molecule has 1 saturated heterocycles. The Labute approximate surface area is 111 Å². The molecular formula is C14H28N2O2. The van der Waals surface area contributed by atoms with E-state index in [-0.39, 0.29) is 0 Å². The quantitative estimate of drug-likeness (QED) is 0.731. The molecule has 18 heavy (non-hydrogen) atoms. The minimum atomic E-state index is -0.741. The molecule has 2 N–H and O–H groups in total. The molecule has 0 amide bonds. The van der Waals surface area contributed by atoms with Crippen molar-refractivity contribution in [1.82, 2.24) is 10.2 Å². The summed E-state index contributed by atoms with van der Waals surface area (Å²) in [7, 11) is 1.75. The Balaban J connectivity index is 2.38. The summed E-state index contributed by atoms with van der Waals surface area (Å²) in [5.74, 6) is -0.728. The van der Waals surface area contributed by atoms with Crippen molar-refractivity contribution >= 4 is 5.97 Å². The third-order valence-corrected chi connectivity index (χ3v) is 4.33. The molecule has 0 saturated carbocycles. The van der Waals surface area contributed by atoms with E-state index in [4.69, 9.17) is 0 Å². The first-order valence-electron chi connectivity index (χ1n) is 7.00. The zero-order valence-corrected chi connectivity index (χ0v) is 12.3. The lowest BCUT2D eigenvalue weighted by Gasteiger charge is -2.28. The van der Waals surface area contributed by atoms with Crippen LogP contribution in [0, 0.1) is 5.41 Å². The molecule has 0 aliphatic carbocycles. The molecule has 0 aromatic heterocycles. The van der Waals surface area contributed by atoms with E-state index < -0.39 is 11.5 Å². The maximum Gasteiger partial charge on any atom is 0.323 e. The zero-order chi connectivity index (χ0) is 13.8. The molecule has 106 valence electrons. The predicted octanol–water partition coefficient (Wildman–Crippen LogP) is 1.95. The van der Waals surface area contributed by atoms with Crippen LogP contribution in [0.1, 0.15) is 46.5 Å². The van der Waals surface area contributed by atoms with E-state index in [9.17, 15) is 9.90 Å². The second-order valence-electron chi connectivity index (χ2n) is 6.28. The number of aliphatic carboxylic acids is 1. The molecule has 0 aromatic carbocycles. The molecule has 1 heterocycles. The second-order valence-corrected chi connectivity index (χ2v) is 6.28. The van der Waals surface area contributed by atoms with Crippen LogP contribution >= 0.6 is 0 Å². The van der Waals surface area contributed by atoms with Crippen LogP contribution in [-0.4, -0.2) is 48.2 Å². The molecular weight excluding hydrogens is 228 g/mol. The van der Waals surface area contributed by atoms with Crippen molar-refractivity contribution in [3.8, 4) is 0 Å². The predicted molar refractivity (Wildman–Crippen MR) is 73.8 cm³/mol. The largest absolute Gasteiger partial charge is 0.480 e. The minimum Gasteiger partial charge on any atom is -0.480 e. The van der Waals surface area contributed by atoms with E-state index in [0.29, 0.717) is 18.3 Å². The van der Waals surface area contributed by atoms with Crippen molar-refractivity contribution in [2.24, 2.45) is 5.41 Å². The summed E-state index contributed by atoms with van der Waals surface area (Å²) in [5.41, 5.74) is -0.313. The molecule has 0 aromatic rings. The fourth-order valence-electron chi connectivity index (χ4n) is 2.86. The van der Waals surface area contributed by atoms with Crippen LogP contribution < -0.4 is 5.32 Å². The lowest BCUT2D eigenvalue weighted by atomic mass is 9.90. The first-order chi connectivity index (χ1) is 8.35. The zero-order valence-electron chi connectivity index (χ0n) is 12.3. The van der Waals surface area contributed by atoms with Gasteiger partial charge in [0, 0.05) is 6.54 Å². The molecule has 0 spiro atoms. The average Bonchev–Trinajstić information content (AvgIpc) is 2.64. The number of carboxylic acid groups (broad SMARTS) is 1. The maximum absolute atomic E-state index is 11.3. The third kappa shape index (κ3) is 3.69. The summed E-state index contributed by atoms with van der Waals surface area (Å²) >= 11 is 0. The van der Waals surface area contributed by atoms with Crippen LogP contribution in [0.3, 0.4) is 0 Å². The van der Waals surface area contributed by atoms with Crippen molar-refractivity contribution in [2.45, 2.75) is 52.0 Å². The molecule has 4 heteroatoms. The van der Waals surface area contributed by atoms with Crippen LogP contribution in [0.4, 0.5) is 0 Å². The Morgan fingerprint density at radius 1 is 1.50 bits per heavy atom. The highest BCUT2D eigenvalue weighted by molar-refractivity contribution is 5.78. The van der Waals surface area contributed by atoms with E-state index in [1.807, 2.05) is 6.92 Å². The van der Waals surface area contributed by atoms with Crippen molar-refractivity contribution < 1.29 is 9.90 Å². The van der Waals surface area contributed by atoms with E-state index in [1.54, 1.807) is 7.05 Å². The van der Waals surface area contributed by atoms with Gasteiger partial charge in [0.25, 0.3) is 0 Å². The SMILES string of the molecule is CCC(CCCN1CCC(C)(C)C1)(NC)C(=O)O. The Bertz CT molecular complexity index is 286. The highest BCUT2D eigenvalue weighted by Crippen LogP contribution is 2.29. The average molecular weight is 256 g/mol. The van der Waals surface area contributed by atoms with Crippen LogP contribution in [0.25, 0.3) is 0 Å². The van der Waals surface area contributed by atoms with Crippen LogP contribution in [0.5, 0.6) is 0 Å². The van der Waals surface area contributed by atoms with Gasteiger partial charge >= 0.3 is 5.97 Å². The van der Waals surface area contributed by atoms with Gasteiger partial charge in [-0.05, 0) is 51.2 Å². The lowest BCUT2D eigenvalue weighted by molar-refractivity contribution is -0.145. The number of hydrogen-bond donors (Lipinski definition) is 2. The molecule has 1 atom stereocenters. The van der Waals surface area contributed by atoms with Gasteiger partial charge in [0.05, 0.1) is 0 Å². The summed E-state index contributed by atoms with van der Waals surface area (Å²) in [4.78, 5) is 13.8. The van der Waals surface area contributed by atoms with Crippen molar-refractivity contribution in [3.05, 3.63) is 0 Å². The van der Waals surface area contributed by atoms with Crippen LogP contribution in [0.15, 0.2) is 0 Å². The van der Waals surface area contributed by atoms with Gasteiger partial charge < -0.3 is 15.3 Å². The number of nitrogens with zero attached hydrogens (tertiary/aromatic N) is 1. The van der Waals surface area contributed by atoms with Gasteiger partial charge in [-0.3, -0.25) is 4.79 Å². The van der Waals surface area contributed by atoms with E-state index in [1.165, 1.54) is 6.42 Å². The minimum absolute atomic E-state index is 0.428. The first kappa shape index (κ1) is 15.4. The topological polar surface area (TPSA) is 52.6 Å². The molecule has 4 nitrogen and oxygen atoms in total. The fraction of sp³-hybridized carbons (Fsp3) is 0.929. The number of hydrogen-bond acceptors (Lipinski definition) is 3. The van der Waals surface area contributed by atoms with Gasteiger partial charge in [0.2, 0.25) is 0 Å². The van der Waals surface area contributed by atoms with Gasteiger partial charge in [-0.1, -0.05) is 20.8 Å². The number of rotatable bonds is 7. The summed E-state index contributed by atoms with van der Waals surface area (Å²) in [5, 5.41) is 12.3. The van der Waals surface area contributed by atoms with Crippen molar-refractivity contribution in [1.29, 1.82) is 0 Å². The third-order valence-electron chi connectivity index (χ3n) is 4.33. The van der Waals surface area contributed by atoms with E-state index >= 15 is 0 Å². The van der Waals surface area contributed by atoms with Gasteiger partial charge in [-0.2, -0.15) is 0 Å². The number of likely N-dealkylation sites (N-methyl/N-ethyl adjacent to an activating group) is 1. The van der Waals surface area contributed by atoms with E-state index in [0.717, 1.165) is 26.1 Å². The highest BCUT2D eigenvalue weighted by Gasteiger charge is 2.35.